The summed E-state index contributed by atoms with van der Waals surface area (Å²) in [5.74, 6) is 2.21. The van der Waals surface area contributed by atoms with Crippen molar-refractivity contribution in [3.63, 3.8) is 0 Å². The quantitative estimate of drug-likeness (QED) is 0.275. The van der Waals surface area contributed by atoms with E-state index in [4.69, 9.17) is 17.0 Å². The zero-order chi connectivity index (χ0) is 21.6. The number of rotatable bonds is 9. The predicted octanol–water partition coefficient (Wildman–Crippen LogP) is 3.63. The second-order valence-corrected chi connectivity index (χ2v) is 7.44. The average molecular weight is 437 g/mol. The van der Waals surface area contributed by atoms with Gasteiger partial charge in [0.2, 0.25) is 5.91 Å². The Balaban J connectivity index is 1.32. The molecule has 0 bridgehead atoms. The number of nitrogens with zero attached hydrogens (tertiary/aromatic N) is 3. The van der Waals surface area contributed by atoms with Crippen molar-refractivity contribution in [2.45, 2.75) is 26.3 Å². The third kappa shape index (κ3) is 5.00. The monoisotopic (exact) mass is 436 g/mol. The predicted molar refractivity (Wildman–Crippen MR) is 121 cm³/mol. The fraction of sp³-hybridized carbons (Fsp3) is 0.273. The molecule has 0 fully saturated rings. The molecule has 0 aliphatic rings. The molecular weight excluding hydrogens is 412 g/mol. The second-order valence-electron chi connectivity index (χ2n) is 7.05. The van der Waals surface area contributed by atoms with Crippen molar-refractivity contribution in [2.75, 3.05) is 13.2 Å². The Kier molecular flexibility index (Phi) is 6.42. The number of hydrogen-bond donors (Lipinski definition) is 3. The fourth-order valence-electron chi connectivity index (χ4n) is 3.36. The van der Waals surface area contributed by atoms with Crippen LogP contribution >= 0.6 is 12.2 Å². The molecule has 0 aliphatic carbocycles. The number of carbonyl (C=O) groups is 1. The number of aromatic amines is 2. The van der Waals surface area contributed by atoms with Gasteiger partial charge in [-0.2, -0.15) is 5.10 Å². The summed E-state index contributed by atoms with van der Waals surface area (Å²) in [5.41, 5.74) is 2.84. The molecule has 8 nitrogen and oxygen atoms in total. The van der Waals surface area contributed by atoms with E-state index in [9.17, 15) is 4.79 Å². The lowest BCUT2D eigenvalue weighted by Gasteiger charge is -2.09. The minimum absolute atomic E-state index is 0.0997. The number of aryl methyl sites for hydroxylation is 1. The number of carbonyl (C=O) groups excluding carboxylic acids is 1. The summed E-state index contributed by atoms with van der Waals surface area (Å²) in [7, 11) is 0. The van der Waals surface area contributed by atoms with Gasteiger partial charge in [0.15, 0.2) is 10.6 Å². The molecule has 160 valence electrons. The molecule has 0 atom stereocenters. The van der Waals surface area contributed by atoms with Gasteiger partial charge in [0.05, 0.1) is 17.6 Å². The van der Waals surface area contributed by atoms with E-state index in [0.29, 0.717) is 23.7 Å². The zero-order valence-electron chi connectivity index (χ0n) is 17.2. The van der Waals surface area contributed by atoms with Crippen molar-refractivity contribution in [3.05, 3.63) is 59.1 Å². The Bertz CT molecular complexity index is 1190. The Hall–Kier alpha value is -3.46. The Morgan fingerprint density at radius 1 is 1.19 bits per heavy atom. The van der Waals surface area contributed by atoms with Crippen molar-refractivity contribution < 1.29 is 9.53 Å². The number of fused-ring (bicyclic) bond motifs is 1. The van der Waals surface area contributed by atoms with Crippen molar-refractivity contribution in [1.29, 1.82) is 0 Å². The highest BCUT2D eigenvalue weighted by molar-refractivity contribution is 7.71. The van der Waals surface area contributed by atoms with Gasteiger partial charge < -0.3 is 15.0 Å². The lowest BCUT2D eigenvalue weighted by molar-refractivity contribution is -0.121. The van der Waals surface area contributed by atoms with Crippen LogP contribution in [-0.2, 0) is 17.8 Å². The number of benzene rings is 2. The maximum Gasteiger partial charge on any atom is 0.240 e. The molecule has 1 amide bonds. The topological polar surface area (TPSA) is 101 Å². The average Bonchev–Trinajstić information content (AvgIpc) is 3.35. The molecule has 0 saturated heterocycles. The van der Waals surface area contributed by atoms with Crippen LogP contribution in [0.15, 0.2) is 48.5 Å². The summed E-state index contributed by atoms with van der Waals surface area (Å²) >= 11 is 5.32. The first-order valence-electron chi connectivity index (χ1n) is 10.2. The van der Waals surface area contributed by atoms with Gasteiger partial charge in [0.25, 0.3) is 0 Å². The van der Waals surface area contributed by atoms with Crippen LogP contribution in [0.2, 0.25) is 0 Å². The van der Waals surface area contributed by atoms with Crippen LogP contribution in [0.1, 0.15) is 19.2 Å². The van der Waals surface area contributed by atoms with Gasteiger partial charge >= 0.3 is 0 Å². The number of hydrogen-bond acceptors (Lipinski definition) is 5. The summed E-state index contributed by atoms with van der Waals surface area (Å²) < 4.78 is 7.57. The molecule has 0 spiro atoms. The van der Waals surface area contributed by atoms with E-state index in [0.717, 1.165) is 41.0 Å². The van der Waals surface area contributed by atoms with Crippen LogP contribution in [0, 0.1) is 4.77 Å². The maximum absolute atomic E-state index is 12.5. The molecule has 2 heterocycles. The molecule has 0 unspecified atom stereocenters. The van der Waals surface area contributed by atoms with E-state index in [1.54, 1.807) is 4.57 Å². The number of nitrogens with one attached hydrogen (secondary N) is 3. The number of aromatic nitrogens is 5. The SMILES string of the molecule is CCOc1ccc(-c2n[nH]c(=S)n2CC(=O)NCCCc2nc3ccccc3[nH]2)cc1. The fourth-order valence-corrected chi connectivity index (χ4v) is 3.56. The van der Waals surface area contributed by atoms with Crippen molar-refractivity contribution in [3.8, 4) is 17.1 Å². The lowest BCUT2D eigenvalue weighted by Crippen LogP contribution is -2.29. The van der Waals surface area contributed by atoms with Crippen LogP contribution in [0.25, 0.3) is 22.4 Å². The van der Waals surface area contributed by atoms with Gasteiger partial charge in [0.1, 0.15) is 18.1 Å². The van der Waals surface area contributed by atoms with Gasteiger partial charge in [-0.1, -0.05) is 12.1 Å². The smallest absolute Gasteiger partial charge is 0.240 e. The lowest BCUT2D eigenvalue weighted by atomic mass is 10.2. The van der Waals surface area contributed by atoms with Crippen molar-refractivity contribution in [1.82, 2.24) is 30.0 Å². The van der Waals surface area contributed by atoms with E-state index in [2.05, 4.69) is 25.5 Å². The van der Waals surface area contributed by atoms with Crippen LogP contribution < -0.4 is 10.1 Å². The molecule has 0 aliphatic heterocycles. The van der Waals surface area contributed by atoms with Crippen molar-refractivity contribution in [2.24, 2.45) is 0 Å². The molecule has 4 aromatic rings. The molecule has 2 aromatic carbocycles. The Morgan fingerprint density at radius 2 is 2.00 bits per heavy atom. The summed E-state index contributed by atoms with van der Waals surface area (Å²) in [6.07, 6.45) is 1.55. The first kappa shape index (κ1) is 20.8. The van der Waals surface area contributed by atoms with E-state index in [1.807, 2.05) is 55.5 Å². The van der Waals surface area contributed by atoms with Crippen LogP contribution in [-0.4, -0.2) is 43.8 Å². The largest absolute Gasteiger partial charge is 0.494 e. The number of amides is 1. The summed E-state index contributed by atoms with van der Waals surface area (Å²) in [4.78, 5) is 20.3. The van der Waals surface area contributed by atoms with Crippen LogP contribution in [0.5, 0.6) is 5.75 Å². The highest BCUT2D eigenvalue weighted by Gasteiger charge is 2.12. The van der Waals surface area contributed by atoms with E-state index in [1.165, 1.54) is 0 Å². The normalized spacial score (nSPS) is 11.0. The van der Waals surface area contributed by atoms with Gasteiger partial charge in [-0.3, -0.25) is 14.5 Å². The van der Waals surface area contributed by atoms with Crippen LogP contribution in [0.4, 0.5) is 0 Å². The van der Waals surface area contributed by atoms with Crippen molar-refractivity contribution >= 4 is 29.2 Å². The molecule has 31 heavy (non-hydrogen) atoms. The van der Waals surface area contributed by atoms with E-state index >= 15 is 0 Å². The Morgan fingerprint density at radius 3 is 2.77 bits per heavy atom. The number of ether oxygens (including phenoxy) is 1. The van der Waals surface area contributed by atoms with Gasteiger partial charge in [0, 0.05) is 18.5 Å². The third-order valence-electron chi connectivity index (χ3n) is 4.83. The third-order valence-corrected chi connectivity index (χ3v) is 5.15. The zero-order valence-corrected chi connectivity index (χ0v) is 18.0. The van der Waals surface area contributed by atoms with Crippen LogP contribution in [0.3, 0.4) is 0 Å². The molecule has 0 saturated carbocycles. The highest BCUT2D eigenvalue weighted by Crippen LogP contribution is 2.21. The molecular formula is C22H24N6O2S. The molecule has 2 aromatic heterocycles. The first-order valence-corrected chi connectivity index (χ1v) is 10.6. The van der Waals surface area contributed by atoms with E-state index < -0.39 is 0 Å². The standard InChI is InChI=1S/C22H24N6O2S/c1-2-30-16-11-9-15(10-12-16)21-26-27-22(31)28(21)14-20(29)23-13-5-8-19-24-17-6-3-4-7-18(17)25-19/h3-4,6-7,9-12H,2,5,8,13-14H2,1H3,(H,23,29)(H,24,25)(H,27,31). The number of para-hydroxylation sites is 2. The minimum Gasteiger partial charge on any atom is -0.494 e. The van der Waals surface area contributed by atoms with E-state index in [-0.39, 0.29) is 12.5 Å². The second kappa shape index (κ2) is 9.57. The van der Waals surface area contributed by atoms with Gasteiger partial charge in [-0.15, -0.1) is 0 Å². The first-order chi connectivity index (χ1) is 15.1. The highest BCUT2D eigenvalue weighted by atomic mass is 32.1. The minimum atomic E-state index is -0.116. The molecule has 9 heteroatoms. The van der Waals surface area contributed by atoms with Gasteiger partial charge in [-0.25, -0.2) is 4.98 Å². The number of H-pyrrole nitrogens is 2. The molecule has 0 radical (unpaired) electrons. The molecule has 4 rings (SSSR count). The summed E-state index contributed by atoms with van der Waals surface area (Å²) in [5, 5.41) is 10.0. The Labute approximate surface area is 184 Å². The molecule has 3 N–H and O–H groups in total. The maximum atomic E-state index is 12.5. The number of imidazole rings is 1. The summed E-state index contributed by atoms with van der Waals surface area (Å²) in [6, 6.07) is 15.5. The van der Waals surface area contributed by atoms with Gasteiger partial charge in [-0.05, 0) is 62.0 Å². The summed E-state index contributed by atoms with van der Waals surface area (Å²) in [6.45, 7) is 3.20.